The fourth-order valence-corrected chi connectivity index (χ4v) is 8.39. The van der Waals surface area contributed by atoms with Crippen molar-refractivity contribution in [1.82, 2.24) is 0 Å². The molecule has 4 rings (SSSR count). The van der Waals surface area contributed by atoms with Crippen molar-refractivity contribution in [3.63, 3.8) is 0 Å². The molecule has 21 heteroatoms. The molecule has 52 heavy (non-hydrogen) atoms. The number of fused-ring (bicyclic) bond motifs is 2. The van der Waals surface area contributed by atoms with Gasteiger partial charge in [-0.1, -0.05) is 19.9 Å². The van der Waals surface area contributed by atoms with Crippen LogP contribution in [-0.2, 0) is 50.6 Å². The predicted molar refractivity (Wildman–Crippen MR) is 177 cm³/mol. The molecule has 0 fully saturated rings. The second kappa shape index (κ2) is 21.5. The summed E-state index contributed by atoms with van der Waals surface area (Å²) in [4.78, 5) is 2.15. The number of hydrogen-bond donors (Lipinski definition) is 0. The molecule has 0 N–H and O–H groups in total. The molecule has 0 bridgehead atoms. The molecule has 0 aromatic heterocycles. The zero-order chi connectivity index (χ0) is 36.4. The topological polar surface area (TPSA) is 219 Å². The summed E-state index contributed by atoms with van der Waals surface area (Å²) in [6.07, 6.45) is 6.60. The van der Waals surface area contributed by atoms with Gasteiger partial charge in [0.1, 0.15) is 16.7 Å². The summed E-state index contributed by atoms with van der Waals surface area (Å²) in [5.74, 6) is -1.01. The van der Waals surface area contributed by atoms with E-state index in [2.05, 4.69) is 9.37 Å². The van der Waals surface area contributed by atoms with Crippen LogP contribution >= 0.6 is 12.0 Å². The van der Waals surface area contributed by atoms with E-state index in [9.17, 15) is 44.2 Å². The van der Waals surface area contributed by atoms with Gasteiger partial charge in [0, 0.05) is 63.9 Å². The maximum absolute atomic E-state index is 11.9. The largest absolute Gasteiger partial charge is 1.00 e. The van der Waals surface area contributed by atoms with Crippen LogP contribution in [0.15, 0.2) is 70.1 Å². The van der Waals surface area contributed by atoms with Crippen LogP contribution in [0.1, 0.15) is 64.5 Å². The number of allylic oxidation sites excluding steroid dienone is 4. The van der Waals surface area contributed by atoms with Gasteiger partial charge in [-0.15, -0.1) is 0 Å². The summed E-state index contributed by atoms with van der Waals surface area (Å²) >= 11 is 0.749. The third-order valence-corrected chi connectivity index (χ3v) is 11.7. The molecule has 2 aliphatic heterocycles. The Hall–Kier alpha value is 2.26. The van der Waals surface area contributed by atoms with Crippen LogP contribution in [-0.4, -0.2) is 73.8 Å². The van der Waals surface area contributed by atoms with E-state index in [4.69, 9.17) is 0 Å². The molecule has 2 aromatic rings. The van der Waals surface area contributed by atoms with Gasteiger partial charge in [-0.2, -0.15) is 8.91 Å². The number of unbranched alkanes of at least 4 members (excludes halogenated alkanes) is 2. The zero-order valence-corrected chi connectivity index (χ0v) is 42.9. The van der Waals surface area contributed by atoms with Crippen molar-refractivity contribution in [2.24, 2.45) is 0 Å². The summed E-state index contributed by atoms with van der Waals surface area (Å²) < 4.78 is 109. The standard InChI is InChI=1S/C31H40N2O12S4.3K/c1-30(2)24-20-22(46-45-44-34)12-14-26(24)32(16-5-7-18-47(35,36)37)28(30)10-9-11-29-31(3,4)25-21-23(49(41,42)43)13-15-27(25)33(29)17-6-8-19-48(38,39)40;;;/h9-15,20-21H,5-8,16-19H2,1-4H3,(H3-,34,35,36,37,38,39,40,41,42,43);;;/q;3*+1/p-3. The number of nitrogens with zero attached hydrogens (tertiary/aromatic N) is 2. The van der Waals surface area contributed by atoms with Crippen molar-refractivity contribution >= 4 is 59.5 Å². The van der Waals surface area contributed by atoms with Gasteiger partial charge in [-0.25, -0.2) is 25.3 Å². The van der Waals surface area contributed by atoms with Crippen molar-refractivity contribution in [2.45, 2.75) is 74.0 Å². The Balaban J connectivity index is 0.00000451. The quantitative estimate of drug-likeness (QED) is 0.0292. The second-order valence-electron chi connectivity index (χ2n) is 12.8. The Bertz CT molecular complexity index is 2020. The summed E-state index contributed by atoms with van der Waals surface area (Å²) in [5.41, 5.74) is 3.15. The third kappa shape index (κ3) is 13.7. The molecular formula is C31H37K3N2O12S4. The van der Waals surface area contributed by atoms with Gasteiger partial charge in [-0.05, 0) is 75.1 Å². The fraction of sp³-hybridized carbons (Fsp3) is 0.452. The maximum atomic E-state index is 11.9. The number of hydrogen-bond acceptors (Lipinski definition) is 14. The van der Waals surface area contributed by atoms with Gasteiger partial charge in [-0.3, -0.25) is 5.04 Å². The monoisotopic (exact) mass is 874 g/mol. The van der Waals surface area contributed by atoms with Crippen molar-refractivity contribution in [3.05, 3.63) is 71.5 Å². The van der Waals surface area contributed by atoms with E-state index in [0.717, 1.165) is 34.7 Å². The SMILES string of the molecule is CC1(C)C(C=C/C=C2/N(CCCCS(=O)(=O)[O-])c3ccc(S(=O)(=O)[O-])cc3C2(C)C)=[N+](CCCCS(=O)(=O)[O-])c2ccc(SOO[O-])cc21.[K+].[K+].[K+]. The Labute approximate surface area is 438 Å². The average molecular weight is 875 g/mol. The van der Waals surface area contributed by atoms with E-state index in [1.54, 1.807) is 12.1 Å². The van der Waals surface area contributed by atoms with Crippen LogP contribution in [0, 0.1) is 0 Å². The van der Waals surface area contributed by atoms with Gasteiger partial charge in [0.15, 0.2) is 5.71 Å². The third-order valence-electron chi connectivity index (χ3n) is 8.73. The van der Waals surface area contributed by atoms with E-state index in [1.165, 1.54) is 12.1 Å². The minimum Gasteiger partial charge on any atom is -0.748 e. The van der Waals surface area contributed by atoms with E-state index >= 15 is 0 Å². The molecule has 0 unspecified atom stereocenters. The Morgan fingerprint density at radius 3 is 2.00 bits per heavy atom. The van der Waals surface area contributed by atoms with Gasteiger partial charge in [0.05, 0.1) is 42.6 Å². The van der Waals surface area contributed by atoms with Crippen molar-refractivity contribution in [2.75, 3.05) is 29.5 Å². The normalized spacial score (nSPS) is 17.1. The first-order chi connectivity index (χ1) is 22.7. The van der Waals surface area contributed by atoms with Crippen LogP contribution in [0.2, 0.25) is 0 Å². The van der Waals surface area contributed by atoms with Crippen LogP contribution in [0.5, 0.6) is 0 Å². The number of benzene rings is 2. The zero-order valence-electron chi connectivity index (χ0n) is 30.3. The van der Waals surface area contributed by atoms with Crippen molar-refractivity contribution in [1.29, 1.82) is 0 Å². The van der Waals surface area contributed by atoms with E-state index in [0.29, 0.717) is 42.1 Å². The Morgan fingerprint density at radius 1 is 0.808 bits per heavy atom. The van der Waals surface area contributed by atoms with E-state index in [1.807, 2.05) is 67.5 Å². The molecule has 0 aliphatic carbocycles. The van der Waals surface area contributed by atoms with Crippen LogP contribution in [0.3, 0.4) is 0 Å². The molecule has 2 aromatic carbocycles. The number of rotatable bonds is 16. The maximum Gasteiger partial charge on any atom is 1.00 e. The molecule has 270 valence electrons. The molecule has 2 aliphatic rings. The first kappa shape index (κ1) is 52.3. The minimum atomic E-state index is -4.74. The summed E-state index contributed by atoms with van der Waals surface area (Å²) in [6, 6.07) is 9.57. The molecule has 0 saturated heterocycles. The molecule has 0 spiro atoms. The predicted octanol–water partition coefficient (Wildman–Crippen LogP) is -5.90. The fourth-order valence-electron chi connectivity index (χ4n) is 6.38. The van der Waals surface area contributed by atoms with Crippen molar-refractivity contribution in [3.8, 4) is 0 Å². The molecule has 0 amide bonds. The van der Waals surface area contributed by atoms with E-state index < -0.39 is 52.7 Å². The van der Waals surface area contributed by atoms with Gasteiger partial charge in [0.2, 0.25) is 5.69 Å². The van der Waals surface area contributed by atoms with E-state index in [-0.39, 0.29) is 172 Å². The van der Waals surface area contributed by atoms with Crippen LogP contribution in [0.4, 0.5) is 11.4 Å². The molecule has 0 saturated carbocycles. The average Bonchev–Trinajstić information content (AvgIpc) is 3.33. The van der Waals surface area contributed by atoms with Crippen molar-refractivity contribution < 1.29 is 212 Å². The summed E-state index contributed by atoms with van der Waals surface area (Å²) in [5, 5.41) is 13.9. The molecule has 0 radical (unpaired) electrons. The number of anilines is 1. The Morgan fingerprint density at radius 2 is 1.42 bits per heavy atom. The summed E-state index contributed by atoms with van der Waals surface area (Å²) in [6.45, 7) is 8.45. The second-order valence-corrected chi connectivity index (χ2v) is 18.0. The van der Waals surface area contributed by atoms with Gasteiger partial charge >= 0.3 is 154 Å². The summed E-state index contributed by atoms with van der Waals surface area (Å²) in [7, 11) is -13.5. The Kier molecular flexibility index (Phi) is 21.6. The first-order valence-electron chi connectivity index (χ1n) is 15.2. The molecular weight excluding hydrogens is 838 g/mol. The smallest absolute Gasteiger partial charge is 0.748 e. The molecule has 2 heterocycles. The molecule has 14 nitrogen and oxygen atoms in total. The van der Waals surface area contributed by atoms with Gasteiger partial charge < -0.3 is 23.8 Å². The van der Waals surface area contributed by atoms with Crippen LogP contribution in [0.25, 0.3) is 0 Å². The first-order valence-corrected chi connectivity index (χ1v) is 20.5. The molecule has 0 atom stereocenters. The van der Waals surface area contributed by atoms with Crippen LogP contribution < -0.4 is 164 Å². The minimum absolute atomic E-state index is 0. The van der Waals surface area contributed by atoms with Gasteiger partial charge in [0.25, 0.3) is 0 Å².